The van der Waals surface area contributed by atoms with Crippen LogP contribution in [0, 0.1) is 0 Å². The molecule has 0 aromatic heterocycles. The fourth-order valence-electron chi connectivity index (χ4n) is 1.89. The monoisotopic (exact) mass is 242 g/mol. The van der Waals surface area contributed by atoms with Gasteiger partial charge in [-0.05, 0) is 19.3 Å². The van der Waals surface area contributed by atoms with Crippen molar-refractivity contribution in [2.75, 3.05) is 20.3 Å². The summed E-state index contributed by atoms with van der Waals surface area (Å²) >= 11 is 0. The summed E-state index contributed by atoms with van der Waals surface area (Å²) in [6.07, 6.45) is 4.08. The first-order valence-electron chi connectivity index (χ1n) is 6.28. The molecule has 0 saturated heterocycles. The second-order valence-electron chi connectivity index (χ2n) is 4.13. The number of carbonyl (C=O) groups excluding carboxylic acids is 1. The first-order valence-corrected chi connectivity index (χ1v) is 6.28. The standard InChI is InChI=1S/C13H26N2O2/c1-5-8-12(14)13(16)15(9-10-17-4)11(6-2)7-3/h5,11-12H,1,6-10,14H2,2-4H3. The lowest BCUT2D eigenvalue weighted by molar-refractivity contribution is -0.135. The third-order valence-electron chi connectivity index (χ3n) is 2.94. The first kappa shape index (κ1) is 16.1. The van der Waals surface area contributed by atoms with Gasteiger partial charge in [0.2, 0.25) is 5.91 Å². The van der Waals surface area contributed by atoms with Gasteiger partial charge in [-0.15, -0.1) is 6.58 Å². The maximum atomic E-state index is 12.2. The Bertz CT molecular complexity index is 227. The van der Waals surface area contributed by atoms with Crippen LogP contribution in [0.3, 0.4) is 0 Å². The van der Waals surface area contributed by atoms with Gasteiger partial charge in [0.1, 0.15) is 0 Å². The van der Waals surface area contributed by atoms with Crippen molar-refractivity contribution < 1.29 is 9.53 Å². The molecule has 1 amide bonds. The van der Waals surface area contributed by atoms with E-state index in [1.165, 1.54) is 0 Å². The van der Waals surface area contributed by atoms with Crippen LogP contribution in [-0.4, -0.2) is 43.2 Å². The molecule has 100 valence electrons. The lowest BCUT2D eigenvalue weighted by Crippen LogP contribution is -2.49. The Morgan fingerprint density at radius 3 is 2.47 bits per heavy atom. The molecular formula is C13H26N2O2. The zero-order valence-electron chi connectivity index (χ0n) is 11.3. The van der Waals surface area contributed by atoms with Gasteiger partial charge in [0.15, 0.2) is 0 Å². The van der Waals surface area contributed by atoms with Gasteiger partial charge in [-0.25, -0.2) is 0 Å². The zero-order valence-corrected chi connectivity index (χ0v) is 11.3. The van der Waals surface area contributed by atoms with Crippen LogP contribution in [0.15, 0.2) is 12.7 Å². The maximum Gasteiger partial charge on any atom is 0.240 e. The number of nitrogens with two attached hydrogens (primary N) is 1. The minimum atomic E-state index is -0.482. The van der Waals surface area contributed by atoms with E-state index in [0.717, 1.165) is 12.8 Å². The molecule has 1 unspecified atom stereocenters. The second-order valence-corrected chi connectivity index (χ2v) is 4.13. The lowest BCUT2D eigenvalue weighted by Gasteiger charge is -2.32. The van der Waals surface area contributed by atoms with Gasteiger partial charge in [-0.3, -0.25) is 4.79 Å². The van der Waals surface area contributed by atoms with Gasteiger partial charge < -0.3 is 15.4 Å². The summed E-state index contributed by atoms with van der Waals surface area (Å²) in [5.74, 6) is -0.00403. The van der Waals surface area contributed by atoms with Crippen LogP contribution in [0.5, 0.6) is 0 Å². The Balaban J connectivity index is 4.64. The van der Waals surface area contributed by atoms with E-state index in [4.69, 9.17) is 10.5 Å². The first-order chi connectivity index (χ1) is 8.12. The second kappa shape index (κ2) is 9.19. The molecule has 0 aliphatic heterocycles. The van der Waals surface area contributed by atoms with E-state index in [1.54, 1.807) is 13.2 Å². The molecule has 0 spiro atoms. The number of nitrogens with zero attached hydrogens (tertiary/aromatic N) is 1. The number of carbonyl (C=O) groups is 1. The van der Waals surface area contributed by atoms with Crippen LogP contribution >= 0.6 is 0 Å². The van der Waals surface area contributed by atoms with E-state index in [0.29, 0.717) is 19.6 Å². The van der Waals surface area contributed by atoms with E-state index in [2.05, 4.69) is 20.4 Å². The SMILES string of the molecule is C=CCC(N)C(=O)N(CCOC)C(CC)CC. The number of hydrogen-bond acceptors (Lipinski definition) is 3. The van der Waals surface area contributed by atoms with Crippen molar-refractivity contribution in [2.45, 2.75) is 45.2 Å². The predicted molar refractivity (Wildman–Crippen MR) is 70.7 cm³/mol. The highest BCUT2D eigenvalue weighted by atomic mass is 16.5. The molecule has 0 bridgehead atoms. The third kappa shape index (κ3) is 5.33. The molecule has 0 rings (SSSR count). The van der Waals surface area contributed by atoms with Crippen LogP contribution < -0.4 is 5.73 Å². The molecule has 4 nitrogen and oxygen atoms in total. The molecular weight excluding hydrogens is 216 g/mol. The largest absolute Gasteiger partial charge is 0.383 e. The average Bonchev–Trinajstić information content (AvgIpc) is 2.34. The Morgan fingerprint density at radius 1 is 1.47 bits per heavy atom. The third-order valence-corrected chi connectivity index (χ3v) is 2.94. The van der Waals surface area contributed by atoms with Crippen molar-refractivity contribution in [1.82, 2.24) is 4.90 Å². The summed E-state index contributed by atoms with van der Waals surface area (Å²) < 4.78 is 5.05. The summed E-state index contributed by atoms with van der Waals surface area (Å²) in [7, 11) is 1.64. The summed E-state index contributed by atoms with van der Waals surface area (Å²) in [6, 6.07) is -0.238. The van der Waals surface area contributed by atoms with E-state index < -0.39 is 6.04 Å². The Morgan fingerprint density at radius 2 is 2.06 bits per heavy atom. The van der Waals surface area contributed by atoms with Gasteiger partial charge in [0.25, 0.3) is 0 Å². The molecule has 17 heavy (non-hydrogen) atoms. The van der Waals surface area contributed by atoms with Crippen LogP contribution in [0.1, 0.15) is 33.1 Å². The molecule has 1 atom stereocenters. The van der Waals surface area contributed by atoms with Crippen molar-refractivity contribution in [3.63, 3.8) is 0 Å². The molecule has 0 aromatic carbocycles. The van der Waals surface area contributed by atoms with Gasteiger partial charge in [-0.2, -0.15) is 0 Å². The molecule has 0 heterocycles. The van der Waals surface area contributed by atoms with Crippen molar-refractivity contribution in [1.29, 1.82) is 0 Å². The Hall–Kier alpha value is -0.870. The van der Waals surface area contributed by atoms with Gasteiger partial charge in [0, 0.05) is 19.7 Å². The smallest absolute Gasteiger partial charge is 0.240 e. The van der Waals surface area contributed by atoms with Gasteiger partial charge >= 0.3 is 0 Å². The zero-order chi connectivity index (χ0) is 13.3. The number of amides is 1. The number of hydrogen-bond donors (Lipinski definition) is 1. The van der Waals surface area contributed by atoms with Crippen molar-refractivity contribution in [3.8, 4) is 0 Å². The van der Waals surface area contributed by atoms with Crippen LogP contribution in [0.4, 0.5) is 0 Å². The maximum absolute atomic E-state index is 12.2. The summed E-state index contributed by atoms with van der Waals surface area (Å²) in [5, 5.41) is 0. The fraction of sp³-hybridized carbons (Fsp3) is 0.769. The highest BCUT2D eigenvalue weighted by molar-refractivity contribution is 5.82. The molecule has 0 aliphatic carbocycles. The number of ether oxygens (including phenoxy) is 1. The summed E-state index contributed by atoms with van der Waals surface area (Å²) in [6.45, 7) is 8.93. The molecule has 4 heteroatoms. The van der Waals surface area contributed by atoms with E-state index in [9.17, 15) is 4.79 Å². The summed E-state index contributed by atoms with van der Waals surface area (Å²) in [4.78, 5) is 14.0. The van der Waals surface area contributed by atoms with Gasteiger partial charge in [0.05, 0.1) is 12.6 Å². The highest BCUT2D eigenvalue weighted by Crippen LogP contribution is 2.11. The molecule has 0 saturated carbocycles. The minimum absolute atomic E-state index is 0.00403. The fourth-order valence-corrected chi connectivity index (χ4v) is 1.89. The summed E-state index contributed by atoms with van der Waals surface area (Å²) in [5.41, 5.74) is 5.84. The highest BCUT2D eigenvalue weighted by Gasteiger charge is 2.24. The number of methoxy groups -OCH3 is 1. The average molecular weight is 242 g/mol. The van der Waals surface area contributed by atoms with Crippen LogP contribution in [-0.2, 0) is 9.53 Å². The Kier molecular flexibility index (Phi) is 8.72. The molecule has 0 aliphatic rings. The van der Waals surface area contributed by atoms with Crippen molar-refractivity contribution >= 4 is 5.91 Å². The van der Waals surface area contributed by atoms with E-state index in [-0.39, 0.29) is 11.9 Å². The molecule has 0 fully saturated rings. The van der Waals surface area contributed by atoms with Gasteiger partial charge in [-0.1, -0.05) is 19.9 Å². The molecule has 0 radical (unpaired) electrons. The predicted octanol–water partition coefficient (Wildman–Crippen LogP) is 1.55. The number of rotatable bonds is 9. The van der Waals surface area contributed by atoms with E-state index >= 15 is 0 Å². The normalized spacial score (nSPS) is 12.5. The quantitative estimate of drug-likeness (QED) is 0.624. The van der Waals surface area contributed by atoms with Crippen LogP contribution in [0.2, 0.25) is 0 Å². The molecule has 2 N–H and O–H groups in total. The Labute approximate surface area is 105 Å². The minimum Gasteiger partial charge on any atom is -0.383 e. The van der Waals surface area contributed by atoms with Crippen molar-refractivity contribution in [3.05, 3.63) is 12.7 Å². The lowest BCUT2D eigenvalue weighted by atomic mass is 10.1. The van der Waals surface area contributed by atoms with Crippen molar-refractivity contribution in [2.24, 2.45) is 5.73 Å². The van der Waals surface area contributed by atoms with E-state index in [1.807, 2.05) is 4.90 Å². The van der Waals surface area contributed by atoms with Crippen LogP contribution in [0.25, 0.3) is 0 Å². The molecule has 0 aromatic rings. The topological polar surface area (TPSA) is 55.6 Å².